The Morgan fingerprint density at radius 3 is 2.92 bits per heavy atom. The quantitative estimate of drug-likeness (QED) is 0.753. The molecule has 3 heterocycles. The SMILES string of the molecule is CCOC(=O)C1CCCN(C(=O)c2ccc(OC3CCOC3)nc2)C1. The molecule has 2 aliphatic rings. The van der Waals surface area contributed by atoms with Crippen LogP contribution in [-0.4, -0.2) is 60.8 Å². The van der Waals surface area contributed by atoms with E-state index in [1.807, 2.05) is 0 Å². The molecule has 2 fully saturated rings. The van der Waals surface area contributed by atoms with Gasteiger partial charge in [0.15, 0.2) is 0 Å². The van der Waals surface area contributed by atoms with Gasteiger partial charge in [0.25, 0.3) is 5.91 Å². The zero-order valence-corrected chi connectivity index (χ0v) is 14.5. The van der Waals surface area contributed by atoms with E-state index in [9.17, 15) is 9.59 Å². The normalized spacial score (nSPS) is 23.3. The molecule has 2 atom stereocenters. The van der Waals surface area contributed by atoms with E-state index in [2.05, 4.69) is 4.98 Å². The Bertz CT molecular complexity index is 598. The zero-order chi connectivity index (χ0) is 17.6. The van der Waals surface area contributed by atoms with Gasteiger partial charge < -0.3 is 19.1 Å². The first kappa shape index (κ1) is 17.7. The minimum Gasteiger partial charge on any atom is -0.472 e. The molecule has 1 aromatic heterocycles. The van der Waals surface area contributed by atoms with Crippen LogP contribution in [0.1, 0.15) is 36.5 Å². The van der Waals surface area contributed by atoms with Crippen molar-refractivity contribution in [2.24, 2.45) is 5.92 Å². The molecule has 2 unspecified atom stereocenters. The molecule has 136 valence electrons. The monoisotopic (exact) mass is 348 g/mol. The van der Waals surface area contributed by atoms with Crippen molar-refractivity contribution in [3.8, 4) is 5.88 Å². The first-order chi connectivity index (χ1) is 12.2. The number of carbonyl (C=O) groups is 2. The van der Waals surface area contributed by atoms with Crippen LogP contribution in [0.15, 0.2) is 18.3 Å². The molecule has 0 saturated carbocycles. The van der Waals surface area contributed by atoms with Crippen molar-refractivity contribution in [1.82, 2.24) is 9.88 Å². The number of carbonyl (C=O) groups excluding carboxylic acids is 2. The molecule has 0 N–H and O–H groups in total. The summed E-state index contributed by atoms with van der Waals surface area (Å²) in [6.07, 6.45) is 3.97. The summed E-state index contributed by atoms with van der Waals surface area (Å²) in [5.74, 6) is -0.0800. The van der Waals surface area contributed by atoms with E-state index in [0.717, 1.165) is 19.3 Å². The molecule has 1 amide bonds. The Morgan fingerprint density at radius 2 is 2.24 bits per heavy atom. The lowest BCUT2D eigenvalue weighted by atomic mass is 9.97. The lowest BCUT2D eigenvalue weighted by Gasteiger charge is -2.31. The van der Waals surface area contributed by atoms with Gasteiger partial charge in [0.2, 0.25) is 5.88 Å². The Morgan fingerprint density at radius 1 is 1.36 bits per heavy atom. The topological polar surface area (TPSA) is 78.0 Å². The summed E-state index contributed by atoms with van der Waals surface area (Å²) in [5, 5.41) is 0. The molecule has 7 nitrogen and oxygen atoms in total. The first-order valence-corrected chi connectivity index (χ1v) is 8.83. The van der Waals surface area contributed by atoms with Gasteiger partial charge in [-0.05, 0) is 25.8 Å². The van der Waals surface area contributed by atoms with Crippen LogP contribution in [0, 0.1) is 5.92 Å². The minimum absolute atomic E-state index is 0.0292. The first-order valence-electron chi connectivity index (χ1n) is 8.83. The van der Waals surface area contributed by atoms with Crippen LogP contribution in [0.4, 0.5) is 0 Å². The van der Waals surface area contributed by atoms with Gasteiger partial charge in [-0.1, -0.05) is 0 Å². The second-order valence-corrected chi connectivity index (χ2v) is 6.33. The van der Waals surface area contributed by atoms with Crippen LogP contribution in [0.5, 0.6) is 5.88 Å². The maximum absolute atomic E-state index is 12.7. The van der Waals surface area contributed by atoms with Crippen LogP contribution in [0.3, 0.4) is 0 Å². The molecular weight excluding hydrogens is 324 g/mol. The Kier molecular flexibility index (Phi) is 5.86. The van der Waals surface area contributed by atoms with Crippen LogP contribution >= 0.6 is 0 Å². The number of hydrogen-bond acceptors (Lipinski definition) is 6. The maximum Gasteiger partial charge on any atom is 0.310 e. The molecule has 2 aliphatic heterocycles. The maximum atomic E-state index is 12.7. The standard InChI is InChI=1S/C18H24N2O5/c1-2-24-18(22)14-4-3-8-20(11-14)17(21)13-5-6-16(19-10-13)25-15-7-9-23-12-15/h5-6,10,14-15H,2-4,7-9,11-12H2,1H3. The molecule has 0 bridgehead atoms. The summed E-state index contributed by atoms with van der Waals surface area (Å²) in [5.41, 5.74) is 0.500. The fourth-order valence-corrected chi connectivity index (χ4v) is 3.15. The number of pyridine rings is 1. The van der Waals surface area contributed by atoms with E-state index >= 15 is 0 Å². The second kappa shape index (κ2) is 8.29. The lowest BCUT2D eigenvalue weighted by molar-refractivity contribution is -0.149. The van der Waals surface area contributed by atoms with Gasteiger partial charge in [-0.2, -0.15) is 0 Å². The Labute approximate surface area is 147 Å². The predicted octanol–water partition coefficient (Wildman–Crippen LogP) is 1.66. The van der Waals surface area contributed by atoms with Crippen molar-refractivity contribution in [3.63, 3.8) is 0 Å². The van der Waals surface area contributed by atoms with E-state index in [-0.39, 0.29) is 23.9 Å². The molecule has 3 rings (SSSR count). The zero-order valence-electron chi connectivity index (χ0n) is 14.5. The van der Waals surface area contributed by atoms with E-state index in [1.165, 1.54) is 6.20 Å². The average molecular weight is 348 g/mol. The van der Waals surface area contributed by atoms with Crippen molar-refractivity contribution in [1.29, 1.82) is 0 Å². The number of piperidine rings is 1. The number of amides is 1. The van der Waals surface area contributed by atoms with Crippen molar-refractivity contribution >= 4 is 11.9 Å². The molecule has 0 aliphatic carbocycles. The number of nitrogens with zero attached hydrogens (tertiary/aromatic N) is 2. The molecule has 25 heavy (non-hydrogen) atoms. The number of rotatable bonds is 5. The third kappa shape index (κ3) is 4.48. The third-order valence-electron chi connectivity index (χ3n) is 4.49. The number of ether oxygens (including phenoxy) is 3. The van der Waals surface area contributed by atoms with Crippen molar-refractivity contribution < 1.29 is 23.8 Å². The smallest absolute Gasteiger partial charge is 0.310 e. The Hall–Kier alpha value is -2.15. The molecule has 0 aromatic carbocycles. The van der Waals surface area contributed by atoms with Gasteiger partial charge in [-0.15, -0.1) is 0 Å². The van der Waals surface area contributed by atoms with Gasteiger partial charge in [0.1, 0.15) is 6.10 Å². The van der Waals surface area contributed by atoms with Crippen LogP contribution in [-0.2, 0) is 14.3 Å². The van der Waals surface area contributed by atoms with E-state index < -0.39 is 0 Å². The predicted molar refractivity (Wildman–Crippen MR) is 89.3 cm³/mol. The summed E-state index contributed by atoms with van der Waals surface area (Å²) in [6.45, 7) is 4.47. The van der Waals surface area contributed by atoms with E-state index in [0.29, 0.717) is 44.4 Å². The van der Waals surface area contributed by atoms with Crippen molar-refractivity contribution in [3.05, 3.63) is 23.9 Å². The van der Waals surface area contributed by atoms with Crippen LogP contribution < -0.4 is 4.74 Å². The van der Waals surface area contributed by atoms with Crippen molar-refractivity contribution in [2.45, 2.75) is 32.3 Å². The summed E-state index contributed by atoms with van der Waals surface area (Å²) in [7, 11) is 0. The van der Waals surface area contributed by atoms with E-state index in [1.54, 1.807) is 24.0 Å². The summed E-state index contributed by atoms with van der Waals surface area (Å²) in [6, 6.07) is 3.42. The van der Waals surface area contributed by atoms with Gasteiger partial charge in [-0.25, -0.2) is 4.98 Å². The van der Waals surface area contributed by atoms with Gasteiger partial charge >= 0.3 is 5.97 Å². The average Bonchev–Trinajstić information content (AvgIpc) is 3.15. The summed E-state index contributed by atoms with van der Waals surface area (Å²) >= 11 is 0. The number of hydrogen-bond donors (Lipinski definition) is 0. The molecule has 0 radical (unpaired) electrons. The lowest BCUT2D eigenvalue weighted by Crippen LogP contribution is -2.42. The molecule has 0 spiro atoms. The van der Waals surface area contributed by atoms with Gasteiger partial charge in [0, 0.05) is 31.8 Å². The Balaban J connectivity index is 1.59. The van der Waals surface area contributed by atoms with Gasteiger partial charge in [0.05, 0.1) is 31.3 Å². The fraction of sp³-hybridized carbons (Fsp3) is 0.611. The summed E-state index contributed by atoms with van der Waals surface area (Å²) < 4.78 is 16.1. The molecule has 1 aromatic rings. The van der Waals surface area contributed by atoms with Crippen LogP contribution in [0.25, 0.3) is 0 Å². The highest BCUT2D eigenvalue weighted by Gasteiger charge is 2.30. The van der Waals surface area contributed by atoms with E-state index in [4.69, 9.17) is 14.2 Å². The molecular formula is C18H24N2O5. The second-order valence-electron chi connectivity index (χ2n) is 6.33. The fourth-order valence-electron chi connectivity index (χ4n) is 3.15. The van der Waals surface area contributed by atoms with Crippen LogP contribution in [0.2, 0.25) is 0 Å². The number of likely N-dealkylation sites (tertiary alicyclic amines) is 1. The highest BCUT2D eigenvalue weighted by molar-refractivity contribution is 5.94. The molecule has 7 heteroatoms. The van der Waals surface area contributed by atoms with Gasteiger partial charge in [-0.3, -0.25) is 9.59 Å². The summed E-state index contributed by atoms with van der Waals surface area (Å²) in [4.78, 5) is 30.5. The largest absolute Gasteiger partial charge is 0.472 e. The third-order valence-corrected chi connectivity index (χ3v) is 4.49. The minimum atomic E-state index is -0.240. The van der Waals surface area contributed by atoms with Crippen molar-refractivity contribution in [2.75, 3.05) is 32.9 Å². The number of aromatic nitrogens is 1. The molecule has 2 saturated heterocycles. The number of esters is 1. The highest BCUT2D eigenvalue weighted by Crippen LogP contribution is 2.21. The highest BCUT2D eigenvalue weighted by atomic mass is 16.5.